The first-order chi connectivity index (χ1) is 9.08. The fraction of sp³-hybridized carbons (Fsp3) is 0.538. The molecule has 1 aliphatic heterocycles. The van der Waals surface area contributed by atoms with E-state index in [0.29, 0.717) is 24.9 Å². The zero-order chi connectivity index (χ0) is 13.8. The van der Waals surface area contributed by atoms with Gasteiger partial charge >= 0.3 is 5.97 Å². The molecular weight excluding hydrogens is 251 g/mol. The summed E-state index contributed by atoms with van der Waals surface area (Å²) in [5.74, 6) is -1.17. The van der Waals surface area contributed by atoms with Crippen LogP contribution in [-0.2, 0) is 4.74 Å². The minimum Gasteiger partial charge on any atom is -0.478 e. The first kappa shape index (κ1) is 13.7. The molecule has 1 saturated heterocycles. The van der Waals surface area contributed by atoms with Crippen molar-refractivity contribution >= 4 is 11.8 Å². The summed E-state index contributed by atoms with van der Waals surface area (Å²) in [6.45, 7) is 2.11. The molecule has 19 heavy (non-hydrogen) atoms. The van der Waals surface area contributed by atoms with Crippen molar-refractivity contribution in [2.24, 2.45) is 5.92 Å². The highest BCUT2D eigenvalue weighted by Crippen LogP contribution is 2.21. The highest BCUT2D eigenvalue weighted by atomic mass is 19.1. The maximum atomic E-state index is 13.1. The standard InChI is InChI=1S/C13H17FN2O3/c1-16(7-9-3-2-4-19-8-9)12-11(13(17)18)5-10(14)6-15-12/h5-6,9H,2-4,7-8H2,1H3,(H,17,18). The number of hydrogen-bond acceptors (Lipinski definition) is 4. The van der Waals surface area contributed by atoms with Gasteiger partial charge in [-0.3, -0.25) is 0 Å². The number of carboxylic acids is 1. The number of hydrogen-bond donors (Lipinski definition) is 1. The number of rotatable bonds is 4. The van der Waals surface area contributed by atoms with Crippen LogP contribution >= 0.6 is 0 Å². The topological polar surface area (TPSA) is 62.7 Å². The predicted molar refractivity (Wildman–Crippen MR) is 68.0 cm³/mol. The van der Waals surface area contributed by atoms with Gasteiger partial charge in [-0.05, 0) is 24.8 Å². The Bertz CT molecular complexity index is 461. The van der Waals surface area contributed by atoms with E-state index in [1.165, 1.54) is 0 Å². The summed E-state index contributed by atoms with van der Waals surface area (Å²) in [4.78, 5) is 16.8. The maximum absolute atomic E-state index is 13.1. The van der Waals surface area contributed by atoms with Gasteiger partial charge < -0.3 is 14.7 Å². The second kappa shape index (κ2) is 5.97. The van der Waals surface area contributed by atoms with E-state index < -0.39 is 11.8 Å². The van der Waals surface area contributed by atoms with E-state index in [0.717, 1.165) is 31.7 Å². The van der Waals surface area contributed by atoms with Crippen LogP contribution in [0.4, 0.5) is 10.2 Å². The summed E-state index contributed by atoms with van der Waals surface area (Å²) in [7, 11) is 1.77. The first-order valence-electron chi connectivity index (χ1n) is 6.25. The number of aromatic carboxylic acids is 1. The molecule has 1 unspecified atom stereocenters. The van der Waals surface area contributed by atoms with Gasteiger partial charge in [0.2, 0.25) is 0 Å². The van der Waals surface area contributed by atoms with E-state index in [1.807, 2.05) is 0 Å². The third-order valence-electron chi connectivity index (χ3n) is 3.21. The Balaban J connectivity index is 2.13. The first-order valence-corrected chi connectivity index (χ1v) is 6.25. The Kier molecular flexibility index (Phi) is 4.31. The monoisotopic (exact) mass is 268 g/mol. The molecule has 1 aromatic rings. The van der Waals surface area contributed by atoms with E-state index >= 15 is 0 Å². The molecule has 104 valence electrons. The Morgan fingerprint density at radius 1 is 1.68 bits per heavy atom. The minimum atomic E-state index is -1.17. The van der Waals surface area contributed by atoms with Gasteiger partial charge in [0.1, 0.15) is 17.2 Å². The molecule has 5 nitrogen and oxygen atoms in total. The molecule has 0 bridgehead atoms. The van der Waals surface area contributed by atoms with Crippen LogP contribution in [0.25, 0.3) is 0 Å². The molecule has 2 heterocycles. The molecule has 0 radical (unpaired) electrons. The Hall–Kier alpha value is -1.69. The number of halogens is 1. The third-order valence-corrected chi connectivity index (χ3v) is 3.21. The Labute approximate surface area is 111 Å². The Morgan fingerprint density at radius 3 is 3.11 bits per heavy atom. The number of carbonyl (C=O) groups is 1. The summed E-state index contributed by atoms with van der Waals surface area (Å²) < 4.78 is 18.5. The van der Waals surface area contributed by atoms with Gasteiger partial charge in [-0.15, -0.1) is 0 Å². The summed E-state index contributed by atoms with van der Waals surface area (Å²) in [6.07, 6.45) is 3.10. The van der Waals surface area contributed by atoms with Crippen molar-refractivity contribution in [3.8, 4) is 0 Å². The van der Waals surface area contributed by atoms with E-state index in [4.69, 9.17) is 9.84 Å². The van der Waals surface area contributed by atoms with Crippen molar-refractivity contribution in [3.63, 3.8) is 0 Å². The van der Waals surface area contributed by atoms with Crippen molar-refractivity contribution in [2.75, 3.05) is 31.7 Å². The largest absolute Gasteiger partial charge is 0.478 e. The zero-order valence-corrected chi connectivity index (χ0v) is 10.8. The van der Waals surface area contributed by atoms with Crippen molar-refractivity contribution in [1.82, 2.24) is 4.98 Å². The molecule has 0 aromatic carbocycles. The van der Waals surface area contributed by atoms with Crippen molar-refractivity contribution in [2.45, 2.75) is 12.8 Å². The molecule has 1 aliphatic rings. The molecule has 6 heteroatoms. The van der Waals surface area contributed by atoms with Crippen molar-refractivity contribution in [3.05, 3.63) is 23.6 Å². The number of nitrogens with zero attached hydrogens (tertiary/aromatic N) is 2. The molecule has 0 aliphatic carbocycles. The molecule has 1 N–H and O–H groups in total. The van der Waals surface area contributed by atoms with Crippen LogP contribution in [0.3, 0.4) is 0 Å². The Morgan fingerprint density at radius 2 is 2.47 bits per heavy atom. The lowest BCUT2D eigenvalue weighted by atomic mass is 10.0. The van der Waals surface area contributed by atoms with Crippen molar-refractivity contribution < 1.29 is 19.0 Å². The molecule has 1 fully saturated rings. The quantitative estimate of drug-likeness (QED) is 0.902. The van der Waals surface area contributed by atoms with Gasteiger partial charge in [-0.25, -0.2) is 14.2 Å². The normalized spacial score (nSPS) is 19.2. The van der Waals surface area contributed by atoms with Gasteiger partial charge in [0.25, 0.3) is 0 Å². The molecule has 2 rings (SSSR count). The van der Waals surface area contributed by atoms with Gasteiger partial charge in [-0.1, -0.05) is 0 Å². The SMILES string of the molecule is CN(CC1CCCOC1)c1ncc(F)cc1C(=O)O. The number of pyridine rings is 1. The van der Waals surface area contributed by atoms with Gasteiger partial charge in [-0.2, -0.15) is 0 Å². The number of aromatic nitrogens is 1. The lowest BCUT2D eigenvalue weighted by molar-refractivity contribution is 0.0575. The van der Waals surface area contributed by atoms with Gasteiger partial charge in [0.15, 0.2) is 0 Å². The van der Waals surface area contributed by atoms with Gasteiger partial charge in [0.05, 0.1) is 12.8 Å². The lowest BCUT2D eigenvalue weighted by Gasteiger charge is -2.28. The van der Waals surface area contributed by atoms with E-state index in [-0.39, 0.29) is 5.56 Å². The highest BCUT2D eigenvalue weighted by molar-refractivity contribution is 5.93. The van der Waals surface area contributed by atoms with Crippen LogP contribution in [0.5, 0.6) is 0 Å². The van der Waals surface area contributed by atoms with Crippen LogP contribution in [0.1, 0.15) is 23.2 Å². The molecule has 0 amide bonds. The summed E-state index contributed by atoms with van der Waals surface area (Å²) in [5.41, 5.74) is -0.112. The average molecular weight is 268 g/mol. The van der Waals surface area contributed by atoms with E-state index in [9.17, 15) is 9.18 Å². The third kappa shape index (κ3) is 3.41. The van der Waals surface area contributed by atoms with Gasteiger partial charge in [0, 0.05) is 20.2 Å². The van der Waals surface area contributed by atoms with Crippen LogP contribution < -0.4 is 4.90 Å². The lowest BCUT2D eigenvalue weighted by Crippen LogP contribution is -2.32. The number of carboxylic acid groups (broad SMARTS) is 1. The number of ether oxygens (including phenoxy) is 1. The highest BCUT2D eigenvalue weighted by Gasteiger charge is 2.20. The smallest absolute Gasteiger partial charge is 0.339 e. The summed E-state index contributed by atoms with van der Waals surface area (Å²) >= 11 is 0. The van der Waals surface area contributed by atoms with Crippen LogP contribution in [-0.4, -0.2) is 42.9 Å². The van der Waals surface area contributed by atoms with Crippen LogP contribution in [0.2, 0.25) is 0 Å². The zero-order valence-electron chi connectivity index (χ0n) is 10.8. The second-order valence-corrected chi connectivity index (χ2v) is 4.79. The maximum Gasteiger partial charge on any atom is 0.339 e. The molecule has 0 spiro atoms. The predicted octanol–water partition coefficient (Wildman–Crippen LogP) is 1.78. The molecule has 1 atom stereocenters. The van der Waals surface area contributed by atoms with Crippen LogP contribution in [0.15, 0.2) is 12.3 Å². The molecular formula is C13H17FN2O3. The average Bonchev–Trinajstić information content (AvgIpc) is 2.39. The summed E-state index contributed by atoms with van der Waals surface area (Å²) in [5, 5.41) is 9.09. The number of anilines is 1. The molecule has 0 saturated carbocycles. The van der Waals surface area contributed by atoms with Crippen LogP contribution in [0, 0.1) is 11.7 Å². The van der Waals surface area contributed by atoms with E-state index in [1.54, 1.807) is 11.9 Å². The summed E-state index contributed by atoms with van der Waals surface area (Å²) in [6, 6.07) is 0.999. The second-order valence-electron chi connectivity index (χ2n) is 4.79. The van der Waals surface area contributed by atoms with Crippen molar-refractivity contribution in [1.29, 1.82) is 0 Å². The fourth-order valence-corrected chi connectivity index (χ4v) is 2.32. The minimum absolute atomic E-state index is 0.112. The molecule has 1 aromatic heterocycles. The fourth-order valence-electron chi connectivity index (χ4n) is 2.32. The van der Waals surface area contributed by atoms with E-state index in [2.05, 4.69) is 4.98 Å².